The minimum Gasteiger partial charge on any atom is -0.340 e. The van der Waals surface area contributed by atoms with Gasteiger partial charge in [0.1, 0.15) is 23.8 Å². The average molecular weight is 424 g/mol. The summed E-state index contributed by atoms with van der Waals surface area (Å²) in [6, 6.07) is 9.80. The van der Waals surface area contributed by atoms with Crippen molar-refractivity contribution in [3.8, 4) is 5.82 Å². The lowest BCUT2D eigenvalue weighted by atomic mass is 10.1. The Morgan fingerprint density at radius 2 is 1.68 bits per heavy atom. The molecule has 2 heterocycles. The van der Waals surface area contributed by atoms with Gasteiger partial charge < -0.3 is 10.6 Å². The Morgan fingerprint density at radius 3 is 2.39 bits per heavy atom. The number of hydrogen-bond acceptors (Lipinski definition) is 5. The third kappa shape index (κ3) is 4.22. The van der Waals surface area contributed by atoms with Gasteiger partial charge >= 0.3 is 0 Å². The van der Waals surface area contributed by atoms with Crippen LogP contribution in [0, 0.1) is 24.4 Å². The van der Waals surface area contributed by atoms with Crippen molar-refractivity contribution < 1.29 is 18.0 Å². The highest BCUT2D eigenvalue weighted by Gasteiger charge is 2.18. The number of carbonyl (C=O) groups excluding carboxylic acids is 1. The summed E-state index contributed by atoms with van der Waals surface area (Å²) in [6.45, 7) is 1.86. The molecule has 2 aromatic heterocycles. The largest absolute Gasteiger partial charge is 0.340 e. The van der Waals surface area contributed by atoms with Crippen LogP contribution < -0.4 is 10.6 Å². The van der Waals surface area contributed by atoms with Crippen LogP contribution in [0.15, 0.2) is 61.2 Å². The van der Waals surface area contributed by atoms with Crippen LogP contribution in [-0.4, -0.2) is 25.4 Å². The molecule has 0 aliphatic rings. The molecule has 2 N–H and O–H groups in total. The standard InChI is InChI=1S/C21H15F3N6O/c1-12-25-8-9-30(12)18-10-17(26-11-27-18)28-13-2-4-14(5-3-13)29-21(31)15-6-7-16(22)20(24)19(15)23/h2-11H,1H3,(H,29,31)(H,26,27,28). The number of benzene rings is 2. The summed E-state index contributed by atoms with van der Waals surface area (Å²) in [7, 11) is 0. The predicted octanol–water partition coefficient (Wildman–Crippen LogP) is 4.38. The zero-order chi connectivity index (χ0) is 22.0. The van der Waals surface area contributed by atoms with Crippen molar-refractivity contribution >= 4 is 23.1 Å². The Morgan fingerprint density at radius 1 is 0.935 bits per heavy atom. The third-order valence-electron chi connectivity index (χ3n) is 4.42. The molecule has 0 unspecified atom stereocenters. The second kappa shape index (κ2) is 8.27. The van der Waals surface area contributed by atoms with Gasteiger partial charge in [0.15, 0.2) is 17.5 Å². The molecule has 4 rings (SSSR count). The first-order valence-corrected chi connectivity index (χ1v) is 9.06. The fourth-order valence-electron chi connectivity index (χ4n) is 2.85. The van der Waals surface area contributed by atoms with E-state index in [0.29, 0.717) is 29.1 Å². The Kier molecular flexibility index (Phi) is 5.35. The van der Waals surface area contributed by atoms with Gasteiger partial charge in [0, 0.05) is 29.8 Å². The summed E-state index contributed by atoms with van der Waals surface area (Å²) in [4.78, 5) is 24.7. The van der Waals surface area contributed by atoms with E-state index in [0.717, 1.165) is 11.9 Å². The van der Waals surface area contributed by atoms with E-state index in [2.05, 4.69) is 25.6 Å². The predicted molar refractivity (Wildman–Crippen MR) is 108 cm³/mol. The highest BCUT2D eigenvalue weighted by Crippen LogP contribution is 2.21. The quantitative estimate of drug-likeness (QED) is 0.465. The molecule has 0 aliphatic carbocycles. The second-order valence-corrected chi connectivity index (χ2v) is 6.49. The highest BCUT2D eigenvalue weighted by molar-refractivity contribution is 6.04. The summed E-state index contributed by atoms with van der Waals surface area (Å²) in [5, 5.41) is 5.55. The number of imidazole rings is 1. The van der Waals surface area contributed by atoms with Crippen LogP contribution in [0.3, 0.4) is 0 Å². The van der Waals surface area contributed by atoms with Crippen LogP contribution in [0.4, 0.5) is 30.4 Å². The molecule has 0 bridgehead atoms. The first-order valence-electron chi connectivity index (χ1n) is 9.06. The lowest BCUT2D eigenvalue weighted by molar-refractivity contribution is 0.102. The zero-order valence-electron chi connectivity index (χ0n) is 16.1. The summed E-state index contributed by atoms with van der Waals surface area (Å²) < 4.78 is 42.0. The normalized spacial score (nSPS) is 10.7. The number of aromatic nitrogens is 4. The average Bonchev–Trinajstić information content (AvgIpc) is 3.19. The molecule has 0 atom stereocenters. The van der Waals surface area contributed by atoms with E-state index in [9.17, 15) is 18.0 Å². The maximum atomic E-state index is 13.8. The lowest BCUT2D eigenvalue weighted by Crippen LogP contribution is -2.15. The monoisotopic (exact) mass is 424 g/mol. The van der Waals surface area contributed by atoms with E-state index in [-0.39, 0.29) is 0 Å². The molecule has 7 nitrogen and oxygen atoms in total. The van der Waals surface area contributed by atoms with Crippen molar-refractivity contribution in [3.63, 3.8) is 0 Å². The molecule has 1 amide bonds. The van der Waals surface area contributed by atoms with Crippen LogP contribution in [0.25, 0.3) is 5.82 Å². The minimum absolute atomic E-state index is 0.345. The van der Waals surface area contributed by atoms with Gasteiger partial charge in [-0.15, -0.1) is 0 Å². The molecule has 0 aliphatic heterocycles. The molecular weight excluding hydrogens is 409 g/mol. The number of nitrogens with one attached hydrogen (secondary N) is 2. The van der Waals surface area contributed by atoms with Gasteiger partial charge in [-0.2, -0.15) is 0 Å². The number of rotatable bonds is 5. The summed E-state index contributed by atoms with van der Waals surface area (Å²) in [5.74, 6) is -3.52. The van der Waals surface area contributed by atoms with Crippen molar-refractivity contribution in [2.75, 3.05) is 10.6 Å². The number of halogens is 3. The molecule has 31 heavy (non-hydrogen) atoms. The van der Waals surface area contributed by atoms with Gasteiger partial charge in [0.2, 0.25) is 0 Å². The van der Waals surface area contributed by atoms with E-state index in [1.165, 1.54) is 6.33 Å². The van der Waals surface area contributed by atoms with Crippen LogP contribution in [0.2, 0.25) is 0 Å². The molecule has 10 heteroatoms. The number of amides is 1. The number of aryl methyl sites for hydroxylation is 1. The SMILES string of the molecule is Cc1nccn1-c1cc(Nc2ccc(NC(=O)c3ccc(F)c(F)c3F)cc2)ncn1. The number of anilines is 3. The van der Waals surface area contributed by atoms with E-state index < -0.39 is 28.9 Å². The summed E-state index contributed by atoms with van der Waals surface area (Å²) in [5.41, 5.74) is 0.422. The first kappa shape index (κ1) is 20.1. The fourth-order valence-corrected chi connectivity index (χ4v) is 2.85. The fraction of sp³-hybridized carbons (Fsp3) is 0.0476. The molecule has 2 aromatic carbocycles. The van der Waals surface area contributed by atoms with Gasteiger partial charge in [-0.25, -0.2) is 28.1 Å². The molecule has 0 fully saturated rings. The van der Waals surface area contributed by atoms with Crippen LogP contribution in [-0.2, 0) is 0 Å². The van der Waals surface area contributed by atoms with E-state index >= 15 is 0 Å². The Labute approximate surface area is 174 Å². The molecule has 0 spiro atoms. The van der Waals surface area contributed by atoms with Crippen LogP contribution >= 0.6 is 0 Å². The molecule has 4 aromatic rings. The minimum atomic E-state index is -1.69. The smallest absolute Gasteiger partial charge is 0.258 e. The van der Waals surface area contributed by atoms with Crippen LogP contribution in [0.5, 0.6) is 0 Å². The van der Waals surface area contributed by atoms with Crippen LogP contribution in [0.1, 0.15) is 16.2 Å². The Balaban J connectivity index is 1.46. The maximum Gasteiger partial charge on any atom is 0.258 e. The molecule has 0 radical (unpaired) electrons. The van der Waals surface area contributed by atoms with Gasteiger partial charge in [-0.1, -0.05) is 0 Å². The molecule has 156 valence electrons. The molecular formula is C21H15F3N6O. The lowest BCUT2D eigenvalue weighted by Gasteiger charge is -2.10. The van der Waals surface area contributed by atoms with Crippen molar-refractivity contribution in [1.29, 1.82) is 0 Å². The van der Waals surface area contributed by atoms with Crippen molar-refractivity contribution in [3.05, 3.63) is 90.0 Å². The molecule has 0 saturated carbocycles. The van der Waals surface area contributed by atoms with Gasteiger partial charge in [0.25, 0.3) is 5.91 Å². The third-order valence-corrected chi connectivity index (χ3v) is 4.42. The summed E-state index contributed by atoms with van der Waals surface area (Å²) >= 11 is 0. The first-order chi connectivity index (χ1) is 14.9. The van der Waals surface area contributed by atoms with Gasteiger partial charge in [0.05, 0.1) is 5.56 Å². The van der Waals surface area contributed by atoms with Crippen molar-refractivity contribution in [1.82, 2.24) is 19.5 Å². The number of nitrogens with zero attached hydrogens (tertiary/aromatic N) is 4. The zero-order valence-corrected chi connectivity index (χ0v) is 16.1. The maximum absolute atomic E-state index is 13.8. The summed E-state index contributed by atoms with van der Waals surface area (Å²) in [6.07, 6.45) is 4.88. The van der Waals surface area contributed by atoms with Crippen molar-refractivity contribution in [2.45, 2.75) is 6.92 Å². The Bertz CT molecular complexity index is 1260. The van der Waals surface area contributed by atoms with Gasteiger partial charge in [-0.05, 0) is 43.3 Å². The number of carbonyl (C=O) groups is 1. The van der Waals surface area contributed by atoms with Crippen molar-refractivity contribution in [2.24, 2.45) is 0 Å². The van der Waals surface area contributed by atoms with E-state index in [4.69, 9.17) is 0 Å². The Hall–Kier alpha value is -4.21. The molecule has 0 saturated heterocycles. The topological polar surface area (TPSA) is 84.7 Å². The van der Waals surface area contributed by atoms with E-state index in [1.807, 2.05) is 11.5 Å². The second-order valence-electron chi connectivity index (χ2n) is 6.49. The van der Waals surface area contributed by atoms with E-state index in [1.54, 1.807) is 42.7 Å². The number of hydrogen-bond donors (Lipinski definition) is 2. The van der Waals surface area contributed by atoms with Gasteiger partial charge in [-0.3, -0.25) is 9.36 Å². The highest BCUT2D eigenvalue weighted by atomic mass is 19.2.